The number of hydrogen-bond donors (Lipinski definition) is 2. The van der Waals surface area contributed by atoms with Crippen molar-refractivity contribution in [2.24, 2.45) is 5.41 Å². The molecule has 2 atom stereocenters. The van der Waals surface area contributed by atoms with Crippen molar-refractivity contribution < 1.29 is 9.84 Å². The molecule has 2 unspecified atom stereocenters. The number of nitrogens with one attached hydrogen (secondary N) is 1. The highest BCUT2D eigenvalue weighted by molar-refractivity contribution is 9.10. The fraction of sp³-hybridized carbons (Fsp3) is 0.571. The molecule has 2 rings (SSSR count). The number of aliphatic hydroxyl groups excluding tert-OH is 1. The maximum absolute atomic E-state index is 9.82. The maximum atomic E-state index is 9.82. The molecule has 0 spiro atoms. The van der Waals surface area contributed by atoms with Gasteiger partial charge in [0.2, 0.25) is 0 Å². The van der Waals surface area contributed by atoms with Crippen molar-refractivity contribution in [2.45, 2.75) is 32.4 Å². The minimum absolute atomic E-state index is 0.321. The molecule has 1 fully saturated rings. The van der Waals surface area contributed by atoms with Crippen molar-refractivity contribution in [1.29, 1.82) is 0 Å². The number of hydrogen-bond acceptors (Lipinski definition) is 3. The van der Waals surface area contributed by atoms with Crippen LogP contribution in [0, 0.1) is 5.41 Å². The van der Waals surface area contributed by atoms with Gasteiger partial charge in [-0.1, -0.05) is 29.8 Å². The van der Waals surface area contributed by atoms with E-state index in [4.69, 9.17) is 4.74 Å². The van der Waals surface area contributed by atoms with Crippen molar-refractivity contribution in [2.75, 3.05) is 13.2 Å². The highest BCUT2D eigenvalue weighted by Gasteiger charge is 2.45. The van der Waals surface area contributed by atoms with Gasteiger partial charge in [-0.05, 0) is 36.1 Å². The average Bonchev–Trinajstić information content (AvgIpc) is 2.94. The molecule has 0 heterocycles. The molecule has 100 valence electrons. The first-order valence-electron chi connectivity index (χ1n) is 6.27. The lowest BCUT2D eigenvalue weighted by molar-refractivity contribution is 0.105. The van der Waals surface area contributed by atoms with E-state index in [0.717, 1.165) is 10.2 Å². The summed E-state index contributed by atoms with van der Waals surface area (Å²) in [5.74, 6) is 0.781. The smallest absolute Gasteiger partial charge is 0.119 e. The molecule has 3 nitrogen and oxygen atoms in total. The van der Waals surface area contributed by atoms with Gasteiger partial charge in [0.15, 0.2) is 0 Å². The van der Waals surface area contributed by atoms with Crippen LogP contribution in [0.5, 0.6) is 5.75 Å². The second-order valence-corrected chi connectivity index (χ2v) is 6.49. The third kappa shape index (κ3) is 3.97. The zero-order valence-corrected chi connectivity index (χ0v) is 12.4. The van der Waals surface area contributed by atoms with E-state index in [-0.39, 0.29) is 0 Å². The highest BCUT2D eigenvalue weighted by atomic mass is 79.9. The van der Waals surface area contributed by atoms with Crippen LogP contribution in [-0.4, -0.2) is 30.4 Å². The van der Waals surface area contributed by atoms with Gasteiger partial charge < -0.3 is 15.2 Å². The molecule has 2 N–H and O–H groups in total. The van der Waals surface area contributed by atoms with Crippen LogP contribution in [0.1, 0.15) is 20.3 Å². The Bertz CT molecular complexity index is 391. The standard InChI is InChI=1S/C14H20BrNO2/c1-14(2)7-13(14)16-8-11(17)9-18-12-5-3-10(15)4-6-12/h3-6,11,13,16-17H,7-9H2,1-2H3. The van der Waals surface area contributed by atoms with Gasteiger partial charge in [-0.2, -0.15) is 0 Å². The van der Waals surface area contributed by atoms with Gasteiger partial charge >= 0.3 is 0 Å². The molecule has 1 aromatic carbocycles. The Kier molecular flexibility index (Phi) is 4.30. The summed E-state index contributed by atoms with van der Waals surface area (Å²) < 4.78 is 6.54. The van der Waals surface area contributed by atoms with Crippen LogP contribution in [-0.2, 0) is 0 Å². The SMILES string of the molecule is CC1(C)CC1NCC(O)COc1ccc(Br)cc1. The number of halogens is 1. The average molecular weight is 314 g/mol. The van der Waals surface area contributed by atoms with Crippen molar-refractivity contribution in [3.05, 3.63) is 28.7 Å². The first kappa shape index (κ1) is 13.8. The van der Waals surface area contributed by atoms with Gasteiger partial charge in [0.1, 0.15) is 18.5 Å². The monoisotopic (exact) mass is 313 g/mol. The molecule has 0 aliphatic heterocycles. The maximum Gasteiger partial charge on any atom is 0.119 e. The third-order valence-electron chi connectivity index (χ3n) is 3.37. The first-order chi connectivity index (χ1) is 8.47. The van der Waals surface area contributed by atoms with Gasteiger partial charge in [-0.3, -0.25) is 0 Å². The van der Waals surface area contributed by atoms with E-state index in [1.54, 1.807) is 0 Å². The van der Waals surface area contributed by atoms with Gasteiger partial charge in [0.25, 0.3) is 0 Å². The van der Waals surface area contributed by atoms with Crippen LogP contribution in [0.15, 0.2) is 28.7 Å². The largest absolute Gasteiger partial charge is 0.491 e. The minimum Gasteiger partial charge on any atom is -0.491 e. The Hall–Kier alpha value is -0.580. The molecule has 1 aliphatic carbocycles. The molecule has 1 saturated carbocycles. The molecular formula is C14H20BrNO2. The molecule has 4 heteroatoms. The third-order valence-corrected chi connectivity index (χ3v) is 3.90. The van der Waals surface area contributed by atoms with Crippen LogP contribution in [0.3, 0.4) is 0 Å². The first-order valence-corrected chi connectivity index (χ1v) is 7.06. The number of benzene rings is 1. The normalized spacial score (nSPS) is 22.6. The predicted molar refractivity (Wildman–Crippen MR) is 75.8 cm³/mol. The van der Waals surface area contributed by atoms with E-state index in [0.29, 0.717) is 24.6 Å². The molecule has 0 radical (unpaired) electrons. The lowest BCUT2D eigenvalue weighted by Gasteiger charge is -2.14. The summed E-state index contributed by atoms with van der Waals surface area (Å²) in [4.78, 5) is 0. The van der Waals surface area contributed by atoms with E-state index < -0.39 is 6.10 Å². The van der Waals surface area contributed by atoms with E-state index >= 15 is 0 Å². The second kappa shape index (κ2) is 5.59. The van der Waals surface area contributed by atoms with Crippen molar-refractivity contribution >= 4 is 15.9 Å². The van der Waals surface area contributed by atoms with E-state index in [2.05, 4.69) is 35.1 Å². The van der Waals surface area contributed by atoms with E-state index in [1.807, 2.05) is 24.3 Å². The van der Waals surface area contributed by atoms with Crippen LogP contribution >= 0.6 is 15.9 Å². The minimum atomic E-state index is -0.468. The summed E-state index contributed by atoms with van der Waals surface area (Å²) in [5, 5.41) is 13.2. The molecule has 0 saturated heterocycles. The van der Waals surface area contributed by atoms with Gasteiger partial charge in [-0.25, -0.2) is 0 Å². The topological polar surface area (TPSA) is 41.5 Å². The van der Waals surface area contributed by atoms with Gasteiger partial charge in [0.05, 0.1) is 0 Å². The quantitative estimate of drug-likeness (QED) is 0.848. The van der Waals surface area contributed by atoms with Gasteiger partial charge in [0, 0.05) is 17.1 Å². The fourth-order valence-corrected chi connectivity index (χ4v) is 2.14. The van der Waals surface area contributed by atoms with Crippen molar-refractivity contribution in [3.8, 4) is 5.75 Å². The van der Waals surface area contributed by atoms with E-state index in [9.17, 15) is 5.11 Å². The second-order valence-electron chi connectivity index (χ2n) is 5.57. The summed E-state index contributed by atoms with van der Waals surface area (Å²) in [6, 6.07) is 8.15. The Morgan fingerprint density at radius 1 is 1.44 bits per heavy atom. The van der Waals surface area contributed by atoms with Crippen LogP contribution in [0.4, 0.5) is 0 Å². The van der Waals surface area contributed by atoms with Crippen molar-refractivity contribution in [3.63, 3.8) is 0 Å². The van der Waals surface area contributed by atoms with E-state index in [1.165, 1.54) is 6.42 Å². The molecule has 18 heavy (non-hydrogen) atoms. The predicted octanol–water partition coefficient (Wildman–Crippen LogP) is 2.58. The Morgan fingerprint density at radius 3 is 2.61 bits per heavy atom. The lowest BCUT2D eigenvalue weighted by Crippen LogP contribution is -2.34. The molecule has 0 bridgehead atoms. The summed E-state index contributed by atoms with van der Waals surface area (Å²) in [5.41, 5.74) is 0.395. The molecule has 0 aromatic heterocycles. The zero-order chi connectivity index (χ0) is 13.2. The summed E-state index contributed by atoms with van der Waals surface area (Å²) in [7, 11) is 0. The fourth-order valence-electron chi connectivity index (χ4n) is 1.88. The van der Waals surface area contributed by atoms with Crippen LogP contribution < -0.4 is 10.1 Å². The molecule has 0 amide bonds. The summed E-state index contributed by atoms with van der Waals surface area (Å²) >= 11 is 3.37. The van der Waals surface area contributed by atoms with Crippen LogP contribution in [0.25, 0.3) is 0 Å². The molecule has 1 aromatic rings. The lowest BCUT2D eigenvalue weighted by atomic mass is 10.2. The number of ether oxygens (including phenoxy) is 1. The number of aliphatic hydroxyl groups is 1. The highest BCUT2D eigenvalue weighted by Crippen LogP contribution is 2.44. The number of rotatable bonds is 6. The Labute approximate surface area is 117 Å². The van der Waals surface area contributed by atoms with Crippen LogP contribution in [0.2, 0.25) is 0 Å². The van der Waals surface area contributed by atoms with Crippen molar-refractivity contribution in [1.82, 2.24) is 5.32 Å². The molecular weight excluding hydrogens is 294 g/mol. The summed E-state index contributed by atoms with van der Waals surface area (Å²) in [6.07, 6.45) is 0.720. The Balaban J connectivity index is 1.65. The van der Waals surface area contributed by atoms with Gasteiger partial charge in [-0.15, -0.1) is 0 Å². The summed E-state index contributed by atoms with van der Waals surface area (Å²) in [6.45, 7) is 5.37. The Morgan fingerprint density at radius 2 is 2.06 bits per heavy atom. The zero-order valence-electron chi connectivity index (χ0n) is 10.8. The molecule has 1 aliphatic rings.